The lowest BCUT2D eigenvalue weighted by Gasteiger charge is -2.03. The zero-order valence-electron chi connectivity index (χ0n) is 12.9. The van der Waals surface area contributed by atoms with Gasteiger partial charge in [-0.05, 0) is 49.2 Å². The molecule has 0 fully saturated rings. The number of benzene rings is 1. The summed E-state index contributed by atoms with van der Waals surface area (Å²) in [4.78, 5) is 0.359. The number of hydrogen-bond donors (Lipinski definition) is 0. The zero-order valence-corrected chi connectivity index (χ0v) is 16.1. The van der Waals surface area contributed by atoms with Crippen LogP contribution in [0.1, 0.15) is 11.1 Å². The van der Waals surface area contributed by atoms with Gasteiger partial charge in [0.15, 0.2) is 0 Å². The Labute approximate surface area is 153 Å². The molecule has 0 atom stereocenters. The van der Waals surface area contributed by atoms with Gasteiger partial charge >= 0.3 is 0 Å². The van der Waals surface area contributed by atoms with Gasteiger partial charge in [-0.2, -0.15) is 8.42 Å². The van der Waals surface area contributed by atoms with E-state index in [4.69, 9.17) is 18.0 Å². The Kier molecular flexibility index (Phi) is 4.58. The lowest BCUT2D eigenvalue weighted by Crippen LogP contribution is -2.16. The van der Waals surface area contributed by atoms with Crippen molar-refractivity contribution in [2.24, 2.45) is 4.40 Å². The highest BCUT2D eigenvalue weighted by Gasteiger charge is 2.17. The fourth-order valence-corrected chi connectivity index (χ4v) is 5.99. The Morgan fingerprint density at radius 1 is 1.25 bits per heavy atom. The van der Waals surface area contributed by atoms with Crippen LogP contribution in [-0.4, -0.2) is 13.0 Å². The summed E-state index contributed by atoms with van der Waals surface area (Å²) in [6.45, 7) is 4.27. The van der Waals surface area contributed by atoms with Crippen molar-refractivity contribution < 1.29 is 8.42 Å². The molecule has 1 aromatic carbocycles. The Morgan fingerprint density at radius 3 is 2.58 bits per heavy atom. The number of aromatic nitrogens is 1. The fourth-order valence-electron chi connectivity index (χ4n) is 2.22. The summed E-state index contributed by atoms with van der Waals surface area (Å²) in [6, 6.07) is 7.03. The predicted molar refractivity (Wildman–Crippen MR) is 100 cm³/mol. The number of aryl methyl sites for hydroxylation is 2. The third kappa shape index (κ3) is 3.15. The molecule has 0 amide bonds. The highest BCUT2D eigenvalue weighted by Crippen LogP contribution is 2.27. The first-order chi connectivity index (χ1) is 11.3. The molecule has 3 rings (SSSR count). The monoisotopic (exact) mass is 396 g/mol. The quantitative estimate of drug-likeness (QED) is 0.629. The minimum Gasteiger partial charge on any atom is -0.304 e. The normalized spacial score (nSPS) is 12.7. The molecule has 0 bridgehead atoms. The first-order valence-electron chi connectivity index (χ1n) is 6.92. The van der Waals surface area contributed by atoms with Crippen molar-refractivity contribution in [3.63, 3.8) is 0 Å². The van der Waals surface area contributed by atoms with Crippen LogP contribution in [0.3, 0.4) is 0 Å². The highest BCUT2D eigenvalue weighted by molar-refractivity contribution is 7.92. The van der Waals surface area contributed by atoms with Gasteiger partial charge in [-0.1, -0.05) is 28.9 Å². The molecule has 2 heterocycles. The van der Waals surface area contributed by atoms with Crippen LogP contribution in [0.2, 0.25) is 4.34 Å². The second-order valence-electron chi connectivity index (χ2n) is 5.20. The second-order valence-corrected chi connectivity index (χ2v) is 9.76. The fraction of sp³-hybridized carbons (Fsp3) is 0.188. The summed E-state index contributed by atoms with van der Waals surface area (Å²) in [5.41, 5.74) is 3.14. The summed E-state index contributed by atoms with van der Waals surface area (Å²) < 4.78 is 32.2. The number of thiazole rings is 1. The lowest BCUT2D eigenvalue weighted by atomic mass is 10.1. The Morgan fingerprint density at radius 2 is 1.96 bits per heavy atom. The number of thiophene rings is 1. The van der Waals surface area contributed by atoms with E-state index in [0.717, 1.165) is 32.7 Å². The van der Waals surface area contributed by atoms with Crippen LogP contribution in [-0.2, 0) is 16.6 Å². The molecule has 0 saturated heterocycles. The molecule has 8 heteroatoms. The van der Waals surface area contributed by atoms with Crippen molar-refractivity contribution in [1.82, 2.24) is 4.57 Å². The van der Waals surface area contributed by atoms with Crippen molar-refractivity contribution in [2.75, 3.05) is 0 Å². The summed E-state index contributed by atoms with van der Waals surface area (Å²) in [7, 11) is -3.82. The van der Waals surface area contributed by atoms with E-state index in [-0.39, 0.29) is 10.8 Å². The smallest absolute Gasteiger partial charge is 0.294 e. The van der Waals surface area contributed by atoms with E-state index in [1.807, 2.05) is 26.0 Å². The van der Waals surface area contributed by atoms with Crippen molar-refractivity contribution in [2.45, 2.75) is 24.6 Å². The van der Waals surface area contributed by atoms with Gasteiger partial charge in [0.1, 0.15) is 4.21 Å². The van der Waals surface area contributed by atoms with Crippen LogP contribution >= 0.6 is 34.3 Å². The maximum absolute atomic E-state index is 12.5. The SMILES string of the molecule is C#CCn1/c(=N/S(=O)(=O)c2ccc(Cl)s2)sc2cc(C)c(C)cc21. The Bertz CT molecular complexity index is 1140. The molecule has 0 aliphatic heterocycles. The average Bonchev–Trinajstić information content (AvgIpc) is 3.06. The van der Waals surface area contributed by atoms with Gasteiger partial charge in [0.2, 0.25) is 4.80 Å². The largest absolute Gasteiger partial charge is 0.304 e. The van der Waals surface area contributed by atoms with Crippen molar-refractivity contribution in [3.8, 4) is 12.3 Å². The molecule has 124 valence electrons. The third-order valence-electron chi connectivity index (χ3n) is 3.55. The number of sulfonamides is 1. The zero-order chi connectivity index (χ0) is 17.5. The minimum atomic E-state index is -3.82. The van der Waals surface area contributed by atoms with E-state index in [9.17, 15) is 8.42 Å². The van der Waals surface area contributed by atoms with Gasteiger partial charge < -0.3 is 4.57 Å². The van der Waals surface area contributed by atoms with Crippen molar-refractivity contribution in [1.29, 1.82) is 0 Å². The summed E-state index contributed by atoms with van der Waals surface area (Å²) in [5.74, 6) is 2.56. The summed E-state index contributed by atoms with van der Waals surface area (Å²) >= 11 is 8.12. The van der Waals surface area contributed by atoms with E-state index in [1.165, 1.54) is 17.4 Å². The summed E-state index contributed by atoms with van der Waals surface area (Å²) in [6.07, 6.45) is 5.45. The van der Waals surface area contributed by atoms with Gasteiger partial charge in [-0.3, -0.25) is 0 Å². The van der Waals surface area contributed by atoms with E-state index in [1.54, 1.807) is 10.6 Å². The van der Waals surface area contributed by atoms with Crippen molar-refractivity contribution in [3.05, 3.63) is 44.5 Å². The van der Waals surface area contributed by atoms with Gasteiger partial charge in [0, 0.05) is 0 Å². The number of terminal acetylenes is 1. The van der Waals surface area contributed by atoms with Crippen LogP contribution in [0.25, 0.3) is 10.2 Å². The molecule has 0 radical (unpaired) electrons. The molecular weight excluding hydrogens is 384 g/mol. The first kappa shape index (κ1) is 17.2. The predicted octanol–water partition coefficient (Wildman–Crippen LogP) is 3.96. The number of hydrogen-bond acceptors (Lipinski definition) is 4. The molecule has 24 heavy (non-hydrogen) atoms. The Hall–Kier alpha value is -1.59. The van der Waals surface area contributed by atoms with Crippen LogP contribution in [0.5, 0.6) is 0 Å². The standard InChI is InChI=1S/C16H13ClN2O2S3/c1-4-7-19-12-8-10(2)11(3)9-13(12)22-16(19)18-24(20,21)15-6-5-14(17)23-15/h1,5-6,8-9H,7H2,2-3H3/b18-16-. The van der Waals surface area contributed by atoms with E-state index < -0.39 is 10.0 Å². The average molecular weight is 397 g/mol. The van der Waals surface area contributed by atoms with Gasteiger partial charge in [-0.15, -0.1) is 22.2 Å². The molecule has 0 saturated carbocycles. The molecule has 4 nitrogen and oxygen atoms in total. The van der Waals surface area contributed by atoms with E-state index in [0.29, 0.717) is 9.14 Å². The minimum absolute atomic E-state index is 0.115. The number of nitrogens with zero attached hydrogens (tertiary/aromatic N) is 2. The number of rotatable bonds is 3. The van der Waals surface area contributed by atoms with Gasteiger partial charge in [0.25, 0.3) is 10.0 Å². The van der Waals surface area contributed by atoms with Crippen LogP contribution in [0.4, 0.5) is 0 Å². The third-order valence-corrected chi connectivity index (χ3v) is 7.67. The van der Waals surface area contributed by atoms with Crippen molar-refractivity contribution >= 4 is 54.5 Å². The maximum atomic E-state index is 12.5. The molecule has 0 aliphatic rings. The van der Waals surface area contributed by atoms with Gasteiger partial charge in [-0.25, -0.2) is 0 Å². The molecule has 0 unspecified atom stereocenters. The van der Waals surface area contributed by atoms with E-state index >= 15 is 0 Å². The van der Waals surface area contributed by atoms with Crippen LogP contribution < -0.4 is 4.80 Å². The number of fused-ring (bicyclic) bond motifs is 1. The Balaban J connectivity index is 2.29. The molecule has 0 aliphatic carbocycles. The number of halogens is 1. The maximum Gasteiger partial charge on any atom is 0.294 e. The highest BCUT2D eigenvalue weighted by atomic mass is 35.5. The lowest BCUT2D eigenvalue weighted by molar-refractivity contribution is 0.598. The van der Waals surface area contributed by atoms with E-state index in [2.05, 4.69) is 10.3 Å². The summed E-state index contributed by atoms with van der Waals surface area (Å²) in [5, 5.41) is 0. The molecular formula is C16H13ClN2O2S3. The molecule has 0 N–H and O–H groups in total. The van der Waals surface area contributed by atoms with Crippen LogP contribution in [0, 0.1) is 26.2 Å². The first-order valence-corrected chi connectivity index (χ1v) is 10.4. The van der Waals surface area contributed by atoms with Gasteiger partial charge in [0.05, 0.1) is 21.1 Å². The topological polar surface area (TPSA) is 51.4 Å². The molecule has 0 spiro atoms. The molecule has 2 aromatic heterocycles. The second kappa shape index (κ2) is 6.37. The van der Waals surface area contributed by atoms with Crippen LogP contribution in [0.15, 0.2) is 32.9 Å². The molecule has 3 aromatic rings.